The molecule has 1 unspecified atom stereocenters. The van der Waals surface area contributed by atoms with Crippen molar-refractivity contribution in [1.82, 2.24) is 10.6 Å². The van der Waals surface area contributed by atoms with Gasteiger partial charge in [0.15, 0.2) is 0 Å². The van der Waals surface area contributed by atoms with Crippen LogP contribution in [0.5, 0.6) is 0 Å². The average Bonchev–Trinajstić information content (AvgIpc) is 3.24. The minimum atomic E-state index is 0.306. The van der Waals surface area contributed by atoms with E-state index in [1.54, 1.807) is 0 Å². The standard InChI is InChI=1S/C14H24N2O/c17-13(6-1-10-7-8-15-9-10)16-14(11-2-3-11)12-4-5-12/h10-12,14-15H,1-9H2,(H,16,17). The van der Waals surface area contributed by atoms with Gasteiger partial charge in [-0.1, -0.05) is 0 Å². The van der Waals surface area contributed by atoms with Crippen LogP contribution in [-0.4, -0.2) is 25.0 Å². The molecular weight excluding hydrogens is 212 g/mol. The summed E-state index contributed by atoms with van der Waals surface area (Å²) in [6, 6.07) is 0.532. The fourth-order valence-electron chi connectivity index (χ4n) is 3.09. The topological polar surface area (TPSA) is 41.1 Å². The molecule has 0 aromatic carbocycles. The maximum atomic E-state index is 11.9. The van der Waals surface area contributed by atoms with E-state index < -0.39 is 0 Å². The predicted molar refractivity (Wildman–Crippen MR) is 67.6 cm³/mol. The molecule has 2 N–H and O–H groups in total. The summed E-state index contributed by atoms with van der Waals surface area (Å²) >= 11 is 0. The van der Waals surface area contributed by atoms with E-state index in [9.17, 15) is 4.79 Å². The molecule has 0 aromatic rings. The molecule has 1 heterocycles. The van der Waals surface area contributed by atoms with Gasteiger partial charge in [-0.3, -0.25) is 4.79 Å². The van der Waals surface area contributed by atoms with Crippen molar-refractivity contribution in [3.05, 3.63) is 0 Å². The van der Waals surface area contributed by atoms with Crippen molar-refractivity contribution in [3.8, 4) is 0 Å². The van der Waals surface area contributed by atoms with Gasteiger partial charge in [0.2, 0.25) is 5.91 Å². The van der Waals surface area contributed by atoms with Gasteiger partial charge in [0.1, 0.15) is 0 Å². The number of amides is 1. The molecule has 3 nitrogen and oxygen atoms in total. The Morgan fingerprint density at radius 1 is 1.18 bits per heavy atom. The summed E-state index contributed by atoms with van der Waals surface area (Å²) in [5, 5.41) is 6.67. The van der Waals surface area contributed by atoms with Crippen LogP contribution in [0.2, 0.25) is 0 Å². The smallest absolute Gasteiger partial charge is 0.220 e. The van der Waals surface area contributed by atoms with E-state index in [-0.39, 0.29) is 0 Å². The molecule has 0 spiro atoms. The monoisotopic (exact) mass is 236 g/mol. The number of hydrogen-bond donors (Lipinski definition) is 2. The molecule has 0 bridgehead atoms. The number of hydrogen-bond acceptors (Lipinski definition) is 2. The zero-order valence-corrected chi connectivity index (χ0v) is 10.6. The third-order valence-corrected chi connectivity index (χ3v) is 4.53. The first-order valence-electron chi connectivity index (χ1n) is 7.33. The van der Waals surface area contributed by atoms with Gasteiger partial charge in [0, 0.05) is 12.5 Å². The number of carbonyl (C=O) groups excluding carboxylic acids is 1. The summed E-state index contributed by atoms with van der Waals surface area (Å²) in [6.45, 7) is 2.25. The molecule has 3 heteroatoms. The van der Waals surface area contributed by atoms with Crippen LogP contribution in [0.1, 0.15) is 44.9 Å². The van der Waals surface area contributed by atoms with Gasteiger partial charge >= 0.3 is 0 Å². The lowest BCUT2D eigenvalue weighted by molar-refractivity contribution is -0.122. The molecule has 3 rings (SSSR count). The van der Waals surface area contributed by atoms with Crippen molar-refractivity contribution in [2.45, 2.75) is 51.0 Å². The van der Waals surface area contributed by atoms with Gasteiger partial charge < -0.3 is 10.6 Å². The first kappa shape index (κ1) is 11.5. The fraction of sp³-hybridized carbons (Fsp3) is 0.929. The van der Waals surface area contributed by atoms with Crippen molar-refractivity contribution in [2.75, 3.05) is 13.1 Å². The Morgan fingerprint density at radius 3 is 2.41 bits per heavy atom. The number of carbonyl (C=O) groups is 1. The Morgan fingerprint density at radius 2 is 1.88 bits per heavy atom. The fourth-order valence-corrected chi connectivity index (χ4v) is 3.09. The van der Waals surface area contributed by atoms with Gasteiger partial charge in [-0.05, 0) is 69.4 Å². The molecule has 1 aliphatic heterocycles. The van der Waals surface area contributed by atoms with E-state index in [0.717, 1.165) is 43.7 Å². The molecular formula is C14H24N2O. The zero-order valence-electron chi connectivity index (χ0n) is 10.6. The lowest BCUT2D eigenvalue weighted by atomic mass is 10.0. The Bertz CT molecular complexity index is 266. The lowest BCUT2D eigenvalue weighted by Gasteiger charge is -2.18. The molecule has 1 amide bonds. The van der Waals surface area contributed by atoms with Crippen LogP contribution in [0.4, 0.5) is 0 Å². The Labute approximate surface area is 104 Å². The van der Waals surface area contributed by atoms with Crippen molar-refractivity contribution >= 4 is 5.91 Å². The summed E-state index contributed by atoms with van der Waals surface area (Å²) in [6.07, 6.45) is 8.43. The van der Waals surface area contributed by atoms with E-state index in [4.69, 9.17) is 0 Å². The molecule has 0 aromatic heterocycles. The van der Waals surface area contributed by atoms with Crippen LogP contribution < -0.4 is 10.6 Å². The van der Waals surface area contributed by atoms with Crippen molar-refractivity contribution in [3.63, 3.8) is 0 Å². The SMILES string of the molecule is O=C(CCC1CCNC1)NC(C1CC1)C1CC1. The normalized spacial score (nSPS) is 28.6. The molecule has 96 valence electrons. The third kappa shape index (κ3) is 3.21. The molecule has 2 aliphatic carbocycles. The summed E-state index contributed by atoms with van der Waals surface area (Å²) in [7, 11) is 0. The molecule has 3 aliphatic rings. The van der Waals surface area contributed by atoms with Gasteiger partial charge in [0.25, 0.3) is 0 Å². The van der Waals surface area contributed by atoms with Crippen molar-refractivity contribution < 1.29 is 4.79 Å². The minimum Gasteiger partial charge on any atom is -0.353 e. The highest BCUT2D eigenvalue weighted by Gasteiger charge is 2.42. The lowest BCUT2D eigenvalue weighted by Crippen LogP contribution is -2.38. The molecule has 0 radical (unpaired) electrons. The highest BCUT2D eigenvalue weighted by atomic mass is 16.1. The van der Waals surface area contributed by atoms with Crippen LogP contribution in [0.25, 0.3) is 0 Å². The van der Waals surface area contributed by atoms with Crippen LogP contribution in [-0.2, 0) is 4.79 Å². The largest absolute Gasteiger partial charge is 0.353 e. The van der Waals surface area contributed by atoms with Crippen molar-refractivity contribution in [1.29, 1.82) is 0 Å². The first-order chi connectivity index (χ1) is 8.33. The van der Waals surface area contributed by atoms with Crippen LogP contribution in [0.15, 0.2) is 0 Å². The zero-order chi connectivity index (χ0) is 11.7. The molecule has 2 saturated carbocycles. The Kier molecular flexibility index (Phi) is 3.37. The Balaban J connectivity index is 1.39. The number of nitrogens with one attached hydrogen (secondary N) is 2. The molecule has 3 fully saturated rings. The molecule has 17 heavy (non-hydrogen) atoms. The molecule has 1 atom stereocenters. The van der Waals surface area contributed by atoms with E-state index in [1.807, 2.05) is 0 Å². The molecule has 1 saturated heterocycles. The van der Waals surface area contributed by atoms with Gasteiger partial charge in [-0.25, -0.2) is 0 Å². The predicted octanol–water partition coefficient (Wildman–Crippen LogP) is 1.68. The van der Waals surface area contributed by atoms with Gasteiger partial charge in [-0.2, -0.15) is 0 Å². The number of rotatable bonds is 6. The quantitative estimate of drug-likeness (QED) is 0.736. The van der Waals surface area contributed by atoms with Gasteiger partial charge in [-0.15, -0.1) is 0 Å². The third-order valence-electron chi connectivity index (χ3n) is 4.53. The van der Waals surface area contributed by atoms with Crippen LogP contribution in [0.3, 0.4) is 0 Å². The average molecular weight is 236 g/mol. The second-order valence-corrected chi connectivity index (χ2v) is 6.17. The van der Waals surface area contributed by atoms with E-state index in [2.05, 4.69) is 10.6 Å². The van der Waals surface area contributed by atoms with Gasteiger partial charge in [0.05, 0.1) is 0 Å². The summed E-state index contributed by atoms with van der Waals surface area (Å²) in [5.41, 5.74) is 0. The summed E-state index contributed by atoms with van der Waals surface area (Å²) < 4.78 is 0. The van der Waals surface area contributed by atoms with E-state index in [1.165, 1.54) is 32.1 Å². The summed E-state index contributed by atoms with van der Waals surface area (Å²) in [4.78, 5) is 11.9. The first-order valence-corrected chi connectivity index (χ1v) is 7.33. The van der Waals surface area contributed by atoms with Crippen LogP contribution in [0, 0.1) is 17.8 Å². The van der Waals surface area contributed by atoms with Crippen LogP contribution >= 0.6 is 0 Å². The second kappa shape index (κ2) is 4.97. The Hall–Kier alpha value is -0.570. The minimum absolute atomic E-state index is 0.306. The maximum absolute atomic E-state index is 11.9. The second-order valence-electron chi connectivity index (χ2n) is 6.17. The highest BCUT2D eigenvalue weighted by molar-refractivity contribution is 5.76. The van der Waals surface area contributed by atoms with E-state index >= 15 is 0 Å². The van der Waals surface area contributed by atoms with Crippen molar-refractivity contribution in [2.24, 2.45) is 17.8 Å². The highest BCUT2D eigenvalue weighted by Crippen LogP contribution is 2.44. The van der Waals surface area contributed by atoms with E-state index in [0.29, 0.717) is 11.9 Å². The summed E-state index contributed by atoms with van der Waals surface area (Å²) in [5.74, 6) is 2.68. The maximum Gasteiger partial charge on any atom is 0.220 e.